The normalized spacial score (nSPS) is 15.5. The lowest BCUT2D eigenvalue weighted by molar-refractivity contribution is -0.124. The lowest BCUT2D eigenvalue weighted by atomic mass is 10.1. The van der Waals surface area contributed by atoms with Crippen LogP contribution in [-0.4, -0.2) is 42.4 Å². The van der Waals surface area contributed by atoms with E-state index in [2.05, 4.69) is 5.32 Å². The molecule has 0 saturated carbocycles. The summed E-state index contributed by atoms with van der Waals surface area (Å²) in [4.78, 5) is 42.2. The van der Waals surface area contributed by atoms with Crippen LogP contribution in [-0.2, 0) is 16.0 Å². The Kier molecular flexibility index (Phi) is 6.92. The second-order valence-corrected chi connectivity index (χ2v) is 8.22. The zero-order valence-electron chi connectivity index (χ0n) is 19.2. The van der Waals surface area contributed by atoms with Gasteiger partial charge >= 0.3 is 6.03 Å². The highest BCUT2D eigenvalue weighted by Crippen LogP contribution is 2.28. The van der Waals surface area contributed by atoms with Crippen LogP contribution in [0.2, 0.25) is 0 Å². The van der Waals surface area contributed by atoms with Crippen LogP contribution in [0, 0.1) is 6.92 Å². The molecule has 7 nitrogen and oxygen atoms in total. The van der Waals surface area contributed by atoms with Gasteiger partial charge in [0.15, 0.2) is 0 Å². The Balaban J connectivity index is 1.55. The molecule has 4 rings (SSSR count). The fourth-order valence-electron chi connectivity index (χ4n) is 4.04. The minimum absolute atomic E-state index is 0.121. The van der Waals surface area contributed by atoms with Gasteiger partial charge in [0, 0.05) is 12.2 Å². The largest absolute Gasteiger partial charge is 0.497 e. The van der Waals surface area contributed by atoms with E-state index in [1.165, 1.54) is 9.80 Å². The highest BCUT2D eigenvalue weighted by atomic mass is 16.5. The number of para-hydroxylation sites is 1. The summed E-state index contributed by atoms with van der Waals surface area (Å²) >= 11 is 0. The van der Waals surface area contributed by atoms with Crippen molar-refractivity contribution in [3.63, 3.8) is 0 Å². The van der Waals surface area contributed by atoms with Gasteiger partial charge in [0.1, 0.15) is 11.8 Å². The molecule has 0 aromatic heterocycles. The Morgan fingerprint density at radius 2 is 1.71 bits per heavy atom. The van der Waals surface area contributed by atoms with E-state index in [1.54, 1.807) is 31.4 Å². The van der Waals surface area contributed by atoms with Crippen LogP contribution in [0.1, 0.15) is 17.5 Å². The van der Waals surface area contributed by atoms with Crippen molar-refractivity contribution in [3.8, 4) is 5.75 Å². The number of ether oxygens (including phenoxy) is 1. The number of methoxy groups -OCH3 is 1. The van der Waals surface area contributed by atoms with Crippen molar-refractivity contribution in [1.82, 2.24) is 4.90 Å². The number of benzene rings is 3. The molecule has 1 N–H and O–H groups in total. The third-order valence-electron chi connectivity index (χ3n) is 5.82. The summed E-state index contributed by atoms with van der Waals surface area (Å²) in [6.07, 6.45) is 0.422. The first-order chi connectivity index (χ1) is 16.5. The summed E-state index contributed by atoms with van der Waals surface area (Å²) in [5, 5.41) is 2.81. The smallest absolute Gasteiger partial charge is 0.332 e. The highest BCUT2D eigenvalue weighted by molar-refractivity contribution is 6.22. The molecule has 1 fully saturated rings. The predicted molar refractivity (Wildman–Crippen MR) is 131 cm³/mol. The number of rotatable bonds is 8. The molecule has 1 atom stereocenters. The molecule has 0 aliphatic carbocycles. The van der Waals surface area contributed by atoms with E-state index in [0.29, 0.717) is 24.3 Å². The fraction of sp³-hybridized carbons (Fsp3) is 0.222. The Morgan fingerprint density at radius 3 is 2.38 bits per heavy atom. The van der Waals surface area contributed by atoms with Crippen molar-refractivity contribution < 1.29 is 19.1 Å². The molecule has 0 spiro atoms. The molecule has 1 aliphatic rings. The number of imide groups is 1. The maximum atomic E-state index is 13.4. The van der Waals surface area contributed by atoms with Crippen LogP contribution >= 0.6 is 0 Å². The quantitative estimate of drug-likeness (QED) is 0.508. The number of aryl methyl sites for hydroxylation is 1. The van der Waals surface area contributed by atoms with E-state index >= 15 is 0 Å². The topological polar surface area (TPSA) is 79.0 Å². The van der Waals surface area contributed by atoms with Gasteiger partial charge in [0.05, 0.1) is 19.2 Å². The molecule has 34 heavy (non-hydrogen) atoms. The second-order valence-electron chi connectivity index (χ2n) is 8.22. The van der Waals surface area contributed by atoms with Gasteiger partial charge in [-0.3, -0.25) is 9.59 Å². The molecule has 1 unspecified atom stereocenters. The van der Waals surface area contributed by atoms with Gasteiger partial charge in [-0.25, -0.2) is 9.69 Å². The van der Waals surface area contributed by atoms with E-state index < -0.39 is 18.0 Å². The molecule has 0 bridgehead atoms. The molecular formula is C27H27N3O4. The van der Waals surface area contributed by atoms with Crippen LogP contribution in [0.4, 0.5) is 16.2 Å². The number of amides is 4. The number of hydrogen-bond acceptors (Lipinski definition) is 4. The van der Waals surface area contributed by atoms with Crippen molar-refractivity contribution in [2.24, 2.45) is 0 Å². The Morgan fingerprint density at radius 1 is 0.971 bits per heavy atom. The Labute approximate surface area is 198 Å². The summed E-state index contributed by atoms with van der Waals surface area (Å²) in [6, 6.07) is 22.6. The van der Waals surface area contributed by atoms with Crippen molar-refractivity contribution in [3.05, 3.63) is 90.0 Å². The fourth-order valence-corrected chi connectivity index (χ4v) is 4.04. The van der Waals surface area contributed by atoms with Gasteiger partial charge in [0.2, 0.25) is 5.91 Å². The van der Waals surface area contributed by atoms with Crippen molar-refractivity contribution >= 4 is 29.2 Å². The number of nitrogens with one attached hydrogen (secondary N) is 1. The third-order valence-corrected chi connectivity index (χ3v) is 5.82. The molecular weight excluding hydrogens is 430 g/mol. The molecule has 3 aromatic rings. The van der Waals surface area contributed by atoms with E-state index in [9.17, 15) is 14.4 Å². The zero-order valence-corrected chi connectivity index (χ0v) is 19.2. The molecule has 4 amide bonds. The van der Waals surface area contributed by atoms with Crippen LogP contribution in [0.3, 0.4) is 0 Å². The van der Waals surface area contributed by atoms with Crippen LogP contribution in [0.25, 0.3) is 0 Å². The predicted octanol–water partition coefficient (Wildman–Crippen LogP) is 4.41. The molecule has 3 aromatic carbocycles. The van der Waals surface area contributed by atoms with Crippen molar-refractivity contribution in [2.45, 2.75) is 25.8 Å². The number of nitrogens with zero attached hydrogens (tertiary/aromatic N) is 2. The maximum absolute atomic E-state index is 13.4. The first-order valence-corrected chi connectivity index (χ1v) is 11.2. The first kappa shape index (κ1) is 23.0. The minimum Gasteiger partial charge on any atom is -0.497 e. The number of carbonyl (C=O) groups excluding carboxylic acids is 3. The van der Waals surface area contributed by atoms with E-state index in [4.69, 9.17) is 4.74 Å². The molecule has 1 heterocycles. The van der Waals surface area contributed by atoms with Crippen LogP contribution in [0.15, 0.2) is 78.9 Å². The summed E-state index contributed by atoms with van der Waals surface area (Å²) in [5.41, 5.74) is 3.09. The van der Waals surface area contributed by atoms with Crippen molar-refractivity contribution in [2.75, 3.05) is 23.9 Å². The van der Waals surface area contributed by atoms with Gasteiger partial charge in [-0.05, 0) is 60.9 Å². The highest BCUT2D eigenvalue weighted by Gasteiger charge is 2.46. The summed E-state index contributed by atoms with van der Waals surface area (Å²) in [7, 11) is 1.61. The summed E-state index contributed by atoms with van der Waals surface area (Å²) in [5.74, 6) is 0.0312. The SMILES string of the molecule is COc1ccc(CCN2C(=O)N(c3cccc(C)c3)C(=O)C2CC(=O)Nc2ccccc2)cc1. The Bertz CT molecular complexity index is 1180. The number of hydrogen-bond donors (Lipinski definition) is 1. The van der Waals surface area contributed by atoms with Gasteiger partial charge in [0.25, 0.3) is 5.91 Å². The van der Waals surface area contributed by atoms with Gasteiger partial charge in [-0.1, -0.05) is 42.5 Å². The number of carbonyl (C=O) groups is 3. The molecule has 174 valence electrons. The first-order valence-electron chi connectivity index (χ1n) is 11.2. The maximum Gasteiger partial charge on any atom is 0.332 e. The lowest BCUT2D eigenvalue weighted by Crippen LogP contribution is -2.39. The lowest BCUT2D eigenvalue weighted by Gasteiger charge is -2.21. The molecule has 7 heteroatoms. The monoisotopic (exact) mass is 457 g/mol. The van der Waals surface area contributed by atoms with Gasteiger partial charge in [-0.2, -0.15) is 0 Å². The molecule has 1 saturated heterocycles. The Hall–Kier alpha value is -4.13. The second kappa shape index (κ2) is 10.2. The number of anilines is 2. The summed E-state index contributed by atoms with van der Waals surface area (Å²) < 4.78 is 5.20. The zero-order chi connectivity index (χ0) is 24.1. The minimum atomic E-state index is -0.880. The standard InChI is InChI=1S/C27H27N3O4/c1-19-7-6-10-22(17-19)30-26(32)24(18-25(31)28-21-8-4-3-5-9-21)29(27(30)33)16-15-20-11-13-23(34-2)14-12-20/h3-14,17,24H,15-16,18H2,1-2H3,(H,28,31). The van der Waals surface area contributed by atoms with Crippen LogP contribution in [0.5, 0.6) is 5.75 Å². The van der Waals surface area contributed by atoms with E-state index in [0.717, 1.165) is 16.9 Å². The van der Waals surface area contributed by atoms with Gasteiger partial charge < -0.3 is 15.0 Å². The average molecular weight is 458 g/mol. The van der Waals surface area contributed by atoms with Gasteiger partial charge in [-0.15, -0.1) is 0 Å². The number of urea groups is 1. The van der Waals surface area contributed by atoms with Crippen molar-refractivity contribution in [1.29, 1.82) is 0 Å². The van der Waals surface area contributed by atoms with Crippen LogP contribution < -0.4 is 15.0 Å². The molecule has 0 radical (unpaired) electrons. The summed E-state index contributed by atoms with van der Waals surface area (Å²) in [6.45, 7) is 2.21. The van der Waals surface area contributed by atoms with E-state index in [-0.39, 0.29) is 12.3 Å². The average Bonchev–Trinajstić information content (AvgIpc) is 3.07. The third kappa shape index (κ3) is 5.09. The molecule has 1 aliphatic heterocycles. The van der Waals surface area contributed by atoms with E-state index in [1.807, 2.05) is 61.5 Å².